The number of aromatic nitrogens is 1. The monoisotopic (exact) mass is 229 g/mol. The Morgan fingerprint density at radius 1 is 1.41 bits per heavy atom. The summed E-state index contributed by atoms with van der Waals surface area (Å²) in [6.07, 6.45) is 5.42. The van der Waals surface area contributed by atoms with Crippen molar-refractivity contribution in [3.8, 4) is 0 Å². The number of hydrogen-bond acceptors (Lipinski definition) is 3. The van der Waals surface area contributed by atoms with Crippen LogP contribution in [0.15, 0.2) is 30.5 Å². The number of carbonyl (C=O) groups is 2. The van der Waals surface area contributed by atoms with Gasteiger partial charge in [0.25, 0.3) is 0 Å². The number of nitrogens with one attached hydrogen (secondary N) is 1. The van der Waals surface area contributed by atoms with Gasteiger partial charge in [-0.1, -0.05) is 12.1 Å². The van der Waals surface area contributed by atoms with E-state index >= 15 is 0 Å². The van der Waals surface area contributed by atoms with Gasteiger partial charge in [-0.05, 0) is 23.8 Å². The third-order valence-corrected chi connectivity index (χ3v) is 2.48. The smallest absolute Gasteiger partial charge is 0.340 e. The van der Waals surface area contributed by atoms with Gasteiger partial charge < -0.3 is 9.72 Å². The van der Waals surface area contributed by atoms with Gasteiger partial charge in [-0.15, -0.1) is 0 Å². The van der Waals surface area contributed by atoms with Gasteiger partial charge in [0.15, 0.2) is 0 Å². The number of benzene rings is 1. The van der Waals surface area contributed by atoms with Crippen molar-refractivity contribution in [1.82, 2.24) is 4.98 Å². The first-order chi connectivity index (χ1) is 8.26. The lowest BCUT2D eigenvalue weighted by molar-refractivity contribution is -0.104. The van der Waals surface area contributed by atoms with E-state index in [1.807, 2.05) is 18.2 Å². The van der Waals surface area contributed by atoms with Gasteiger partial charge in [-0.3, -0.25) is 4.79 Å². The minimum Gasteiger partial charge on any atom is -0.465 e. The molecule has 0 spiro atoms. The molecule has 0 saturated heterocycles. The highest BCUT2D eigenvalue weighted by molar-refractivity contribution is 6.04. The molecule has 1 heterocycles. The van der Waals surface area contributed by atoms with E-state index in [1.54, 1.807) is 12.3 Å². The molecule has 0 aliphatic rings. The van der Waals surface area contributed by atoms with E-state index in [1.165, 1.54) is 13.2 Å². The molecule has 4 heteroatoms. The number of aldehydes is 1. The van der Waals surface area contributed by atoms with Gasteiger partial charge >= 0.3 is 5.97 Å². The Kier molecular flexibility index (Phi) is 3.05. The molecular formula is C13H11NO3. The Morgan fingerprint density at radius 3 is 2.94 bits per heavy atom. The second kappa shape index (κ2) is 4.65. The number of methoxy groups -OCH3 is 1. The molecule has 0 aliphatic heterocycles. The van der Waals surface area contributed by atoms with Crippen LogP contribution in [0.2, 0.25) is 0 Å². The Hall–Kier alpha value is -2.36. The normalized spacial score (nSPS) is 10.9. The van der Waals surface area contributed by atoms with E-state index in [2.05, 4.69) is 4.98 Å². The van der Waals surface area contributed by atoms with Crippen LogP contribution in [0.3, 0.4) is 0 Å². The molecule has 1 aromatic heterocycles. The van der Waals surface area contributed by atoms with Gasteiger partial charge in [-0.2, -0.15) is 0 Å². The fourth-order valence-electron chi connectivity index (χ4n) is 1.67. The largest absolute Gasteiger partial charge is 0.465 e. The van der Waals surface area contributed by atoms with Crippen LogP contribution in [0.4, 0.5) is 0 Å². The fraction of sp³-hybridized carbons (Fsp3) is 0.0769. The molecular weight excluding hydrogens is 218 g/mol. The fourth-order valence-corrected chi connectivity index (χ4v) is 1.67. The molecule has 0 saturated carbocycles. The summed E-state index contributed by atoms with van der Waals surface area (Å²) in [5.74, 6) is -0.382. The third-order valence-electron chi connectivity index (χ3n) is 2.48. The third kappa shape index (κ3) is 2.10. The predicted octanol–water partition coefficient (Wildman–Crippen LogP) is 2.17. The van der Waals surface area contributed by atoms with Gasteiger partial charge in [-0.25, -0.2) is 4.79 Å². The number of aromatic amines is 1. The molecule has 4 nitrogen and oxygen atoms in total. The molecule has 0 fully saturated rings. The molecule has 0 aliphatic carbocycles. The molecule has 0 bridgehead atoms. The molecule has 2 aromatic rings. The highest BCUT2D eigenvalue weighted by atomic mass is 16.5. The summed E-state index contributed by atoms with van der Waals surface area (Å²) in [5.41, 5.74) is 2.20. The molecule has 0 unspecified atom stereocenters. The first kappa shape index (κ1) is 11.1. The lowest BCUT2D eigenvalue weighted by atomic mass is 10.1. The lowest BCUT2D eigenvalue weighted by Crippen LogP contribution is -1.99. The molecule has 0 radical (unpaired) electrons. The SMILES string of the molecule is COC(=O)c1c[nH]c2ccc(C=CC=O)cc12. The molecule has 0 amide bonds. The van der Waals surface area contributed by atoms with E-state index < -0.39 is 0 Å². The molecule has 1 aromatic carbocycles. The zero-order chi connectivity index (χ0) is 12.3. The summed E-state index contributed by atoms with van der Waals surface area (Å²) in [5, 5.41) is 0.782. The Labute approximate surface area is 97.9 Å². The van der Waals surface area contributed by atoms with Crippen LogP contribution in [0.1, 0.15) is 15.9 Å². The molecule has 0 atom stereocenters. The summed E-state index contributed by atoms with van der Waals surface area (Å²) < 4.78 is 4.69. The molecule has 1 N–H and O–H groups in total. The zero-order valence-electron chi connectivity index (χ0n) is 9.27. The molecule has 17 heavy (non-hydrogen) atoms. The van der Waals surface area contributed by atoms with Crippen LogP contribution in [0.5, 0.6) is 0 Å². The van der Waals surface area contributed by atoms with Crippen molar-refractivity contribution in [2.75, 3.05) is 7.11 Å². The van der Waals surface area contributed by atoms with Gasteiger partial charge in [0, 0.05) is 17.1 Å². The Bertz CT molecular complexity index is 596. The van der Waals surface area contributed by atoms with E-state index in [0.717, 1.165) is 16.5 Å². The number of allylic oxidation sites excluding steroid dienone is 1. The minimum atomic E-state index is -0.382. The summed E-state index contributed by atoms with van der Waals surface area (Å²) in [6.45, 7) is 0. The minimum absolute atomic E-state index is 0.382. The molecule has 86 valence electrons. The second-order valence-electron chi connectivity index (χ2n) is 3.49. The van der Waals surface area contributed by atoms with E-state index in [4.69, 9.17) is 4.74 Å². The van der Waals surface area contributed by atoms with Gasteiger partial charge in [0.05, 0.1) is 12.7 Å². The average molecular weight is 229 g/mol. The number of esters is 1. The van der Waals surface area contributed by atoms with Crippen LogP contribution >= 0.6 is 0 Å². The molecule has 2 rings (SSSR count). The summed E-state index contributed by atoms with van der Waals surface area (Å²) >= 11 is 0. The standard InChI is InChI=1S/C13H11NO3/c1-17-13(16)11-8-14-12-5-4-9(3-2-6-15)7-10(11)12/h2-8,14H,1H3. The number of H-pyrrole nitrogens is 1. The van der Waals surface area contributed by atoms with Crippen molar-refractivity contribution in [2.24, 2.45) is 0 Å². The van der Waals surface area contributed by atoms with Crippen LogP contribution in [-0.2, 0) is 9.53 Å². The Balaban J connectivity index is 2.53. The van der Waals surface area contributed by atoms with Crippen LogP contribution in [-0.4, -0.2) is 24.3 Å². The topological polar surface area (TPSA) is 59.2 Å². The van der Waals surface area contributed by atoms with Crippen molar-refractivity contribution in [2.45, 2.75) is 0 Å². The number of ether oxygens (including phenoxy) is 1. The van der Waals surface area contributed by atoms with E-state index in [-0.39, 0.29) is 5.97 Å². The van der Waals surface area contributed by atoms with Crippen molar-refractivity contribution in [3.63, 3.8) is 0 Å². The van der Waals surface area contributed by atoms with Crippen LogP contribution in [0, 0.1) is 0 Å². The van der Waals surface area contributed by atoms with Crippen molar-refractivity contribution >= 4 is 29.2 Å². The number of fused-ring (bicyclic) bond motifs is 1. The second-order valence-corrected chi connectivity index (χ2v) is 3.49. The first-order valence-corrected chi connectivity index (χ1v) is 5.07. The van der Waals surface area contributed by atoms with Gasteiger partial charge in [0.2, 0.25) is 0 Å². The van der Waals surface area contributed by atoms with E-state index in [9.17, 15) is 9.59 Å². The summed E-state index contributed by atoms with van der Waals surface area (Å²) in [4.78, 5) is 24.7. The quantitative estimate of drug-likeness (QED) is 0.498. The highest BCUT2D eigenvalue weighted by Crippen LogP contribution is 2.21. The maximum Gasteiger partial charge on any atom is 0.340 e. The number of rotatable bonds is 3. The first-order valence-electron chi connectivity index (χ1n) is 5.07. The Morgan fingerprint density at radius 2 is 2.24 bits per heavy atom. The average Bonchev–Trinajstić information content (AvgIpc) is 2.78. The van der Waals surface area contributed by atoms with E-state index in [0.29, 0.717) is 11.8 Å². The summed E-state index contributed by atoms with van der Waals surface area (Å²) in [6, 6.07) is 5.55. The maximum absolute atomic E-state index is 11.5. The predicted molar refractivity (Wildman–Crippen MR) is 64.7 cm³/mol. The zero-order valence-corrected chi connectivity index (χ0v) is 9.27. The van der Waals surface area contributed by atoms with Crippen molar-refractivity contribution in [1.29, 1.82) is 0 Å². The maximum atomic E-state index is 11.5. The number of hydrogen-bond donors (Lipinski definition) is 1. The van der Waals surface area contributed by atoms with Crippen LogP contribution in [0.25, 0.3) is 17.0 Å². The van der Waals surface area contributed by atoms with Crippen molar-refractivity contribution < 1.29 is 14.3 Å². The lowest BCUT2D eigenvalue weighted by Gasteiger charge is -1.98. The van der Waals surface area contributed by atoms with Crippen LogP contribution < -0.4 is 0 Å². The van der Waals surface area contributed by atoms with Gasteiger partial charge in [0.1, 0.15) is 6.29 Å². The highest BCUT2D eigenvalue weighted by Gasteiger charge is 2.11. The van der Waals surface area contributed by atoms with Crippen molar-refractivity contribution in [3.05, 3.63) is 41.6 Å². The summed E-state index contributed by atoms with van der Waals surface area (Å²) in [7, 11) is 1.34. The number of carbonyl (C=O) groups excluding carboxylic acids is 2.